The minimum atomic E-state index is -0.0589. The van der Waals surface area contributed by atoms with E-state index in [9.17, 15) is 4.79 Å². The molecule has 0 saturated heterocycles. The first-order chi connectivity index (χ1) is 5.81. The maximum Gasteiger partial charge on any atom is 0.305 e. The molecule has 0 aliphatic heterocycles. The Bertz CT molecular complexity index is 115. The molecule has 3 heteroatoms. The fourth-order valence-corrected chi connectivity index (χ4v) is 1.23. The van der Waals surface area contributed by atoms with Gasteiger partial charge in [0, 0.05) is 11.8 Å². The summed E-state index contributed by atoms with van der Waals surface area (Å²) >= 11 is 3.35. The molecule has 0 amide bonds. The highest BCUT2D eigenvalue weighted by atomic mass is 79.9. The van der Waals surface area contributed by atoms with Crippen molar-refractivity contribution >= 4 is 21.9 Å². The highest BCUT2D eigenvalue weighted by Gasteiger charge is 1.98. The monoisotopic (exact) mass is 236 g/mol. The summed E-state index contributed by atoms with van der Waals surface area (Å²) in [5.41, 5.74) is 0. The highest BCUT2D eigenvalue weighted by molar-refractivity contribution is 9.09. The maximum absolute atomic E-state index is 10.8. The van der Waals surface area contributed by atoms with Crippen LogP contribution in [0.15, 0.2) is 0 Å². The van der Waals surface area contributed by atoms with E-state index in [2.05, 4.69) is 15.9 Å². The Morgan fingerprint density at radius 3 is 2.67 bits per heavy atom. The summed E-state index contributed by atoms with van der Waals surface area (Å²) in [6.45, 7) is 2.57. The first-order valence-electron chi connectivity index (χ1n) is 4.52. The quantitative estimate of drug-likeness (QED) is 0.386. The van der Waals surface area contributed by atoms with E-state index in [1.54, 1.807) is 0 Å². The SMILES string of the molecule is CCCC(=O)OCCCCCBr. The van der Waals surface area contributed by atoms with Crippen molar-refractivity contribution in [3.8, 4) is 0 Å². The predicted octanol–water partition coefficient (Wildman–Crippen LogP) is 2.89. The number of hydrogen-bond acceptors (Lipinski definition) is 2. The summed E-state index contributed by atoms with van der Waals surface area (Å²) in [4.78, 5) is 10.8. The Balaban J connectivity index is 3.03. The number of halogens is 1. The van der Waals surface area contributed by atoms with Crippen LogP contribution in [0.25, 0.3) is 0 Å². The van der Waals surface area contributed by atoms with Crippen molar-refractivity contribution in [2.75, 3.05) is 11.9 Å². The molecule has 0 aliphatic carbocycles. The van der Waals surface area contributed by atoms with Crippen molar-refractivity contribution in [1.29, 1.82) is 0 Å². The lowest BCUT2D eigenvalue weighted by atomic mass is 10.3. The lowest BCUT2D eigenvalue weighted by Gasteiger charge is -2.02. The van der Waals surface area contributed by atoms with Crippen LogP contribution in [0.1, 0.15) is 39.0 Å². The zero-order valence-corrected chi connectivity index (χ0v) is 9.23. The molecule has 0 radical (unpaired) electrons. The van der Waals surface area contributed by atoms with E-state index in [0.29, 0.717) is 13.0 Å². The number of carbonyl (C=O) groups excluding carboxylic acids is 1. The molecule has 12 heavy (non-hydrogen) atoms. The van der Waals surface area contributed by atoms with Gasteiger partial charge in [-0.25, -0.2) is 0 Å². The number of alkyl halides is 1. The molecule has 0 rings (SSSR count). The van der Waals surface area contributed by atoms with E-state index in [0.717, 1.165) is 31.0 Å². The largest absolute Gasteiger partial charge is 0.466 e. The number of esters is 1. The van der Waals surface area contributed by atoms with Crippen LogP contribution in [0, 0.1) is 0 Å². The Hall–Kier alpha value is -0.0500. The topological polar surface area (TPSA) is 26.3 Å². The van der Waals surface area contributed by atoms with Crippen molar-refractivity contribution in [2.24, 2.45) is 0 Å². The van der Waals surface area contributed by atoms with Gasteiger partial charge in [0.05, 0.1) is 6.61 Å². The van der Waals surface area contributed by atoms with Crippen LogP contribution in [0.3, 0.4) is 0 Å². The zero-order chi connectivity index (χ0) is 9.23. The molecule has 0 bridgehead atoms. The molecule has 2 nitrogen and oxygen atoms in total. The Morgan fingerprint density at radius 2 is 2.08 bits per heavy atom. The molecule has 0 N–H and O–H groups in total. The van der Waals surface area contributed by atoms with Crippen LogP contribution < -0.4 is 0 Å². The minimum Gasteiger partial charge on any atom is -0.466 e. The van der Waals surface area contributed by atoms with Crippen LogP contribution in [0.4, 0.5) is 0 Å². The molecule has 0 aromatic heterocycles. The van der Waals surface area contributed by atoms with E-state index in [1.165, 1.54) is 0 Å². The van der Waals surface area contributed by atoms with E-state index in [1.807, 2.05) is 6.92 Å². The molecule has 0 unspecified atom stereocenters. The number of hydrogen-bond donors (Lipinski definition) is 0. The van der Waals surface area contributed by atoms with Gasteiger partial charge in [-0.15, -0.1) is 0 Å². The number of carbonyl (C=O) groups is 1. The second-order valence-electron chi connectivity index (χ2n) is 2.72. The normalized spacial score (nSPS) is 9.83. The molecular weight excluding hydrogens is 220 g/mol. The van der Waals surface area contributed by atoms with Gasteiger partial charge in [0.15, 0.2) is 0 Å². The fourth-order valence-electron chi connectivity index (χ4n) is 0.836. The summed E-state index contributed by atoms with van der Waals surface area (Å²) in [6.07, 6.45) is 4.70. The van der Waals surface area contributed by atoms with Gasteiger partial charge in [0.25, 0.3) is 0 Å². The summed E-state index contributed by atoms with van der Waals surface area (Å²) in [5.74, 6) is -0.0589. The molecule has 0 spiro atoms. The van der Waals surface area contributed by atoms with Crippen LogP contribution in [0.2, 0.25) is 0 Å². The van der Waals surface area contributed by atoms with E-state index >= 15 is 0 Å². The van der Waals surface area contributed by atoms with Crippen molar-refractivity contribution in [1.82, 2.24) is 0 Å². The van der Waals surface area contributed by atoms with E-state index < -0.39 is 0 Å². The molecule has 0 fully saturated rings. The van der Waals surface area contributed by atoms with Gasteiger partial charge >= 0.3 is 5.97 Å². The van der Waals surface area contributed by atoms with E-state index in [4.69, 9.17) is 4.74 Å². The molecule has 0 atom stereocenters. The highest BCUT2D eigenvalue weighted by Crippen LogP contribution is 2.00. The maximum atomic E-state index is 10.8. The van der Waals surface area contributed by atoms with Crippen molar-refractivity contribution in [2.45, 2.75) is 39.0 Å². The smallest absolute Gasteiger partial charge is 0.305 e. The molecule has 0 aliphatic rings. The number of ether oxygens (including phenoxy) is 1. The lowest BCUT2D eigenvalue weighted by Crippen LogP contribution is -2.04. The number of rotatable bonds is 7. The average Bonchev–Trinajstić information content (AvgIpc) is 2.05. The zero-order valence-electron chi connectivity index (χ0n) is 7.64. The number of unbranched alkanes of at least 4 members (excludes halogenated alkanes) is 2. The minimum absolute atomic E-state index is 0.0589. The van der Waals surface area contributed by atoms with Gasteiger partial charge in [-0.2, -0.15) is 0 Å². The van der Waals surface area contributed by atoms with Crippen LogP contribution in [0.5, 0.6) is 0 Å². The standard InChI is InChI=1S/C9H17BrO2/c1-2-6-9(11)12-8-5-3-4-7-10/h2-8H2,1H3. The van der Waals surface area contributed by atoms with Crippen LogP contribution >= 0.6 is 15.9 Å². The van der Waals surface area contributed by atoms with E-state index in [-0.39, 0.29) is 5.97 Å². The lowest BCUT2D eigenvalue weighted by molar-refractivity contribution is -0.143. The van der Waals surface area contributed by atoms with Crippen molar-refractivity contribution < 1.29 is 9.53 Å². The van der Waals surface area contributed by atoms with Gasteiger partial charge < -0.3 is 4.74 Å². The summed E-state index contributed by atoms with van der Waals surface area (Å²) in [5, 5.41) is 1.04. The molecule has 0 aromatic carbocycles. The van der Waals surface area contributed by atoms with Gasteiger partial charge in [-0.3, -0.25) is 4.79 Å². The average molecular weight is 237 g/mol. The summed E-state index contributed by atoms with van der Waals surface area (Å²) < 4.78 is 4.97. The second-order valence-corrected chi connectivity index (χ2v) is 3.51. The van der Waals surface area contributed by atoms with Gasteiger partial charge in [-0.05, 0) is 25.7 Å². The van der Waals surface area contributed by atoms with Crippen molar-refractivity contribution in [3.63, 3.8) is 0 Å². The fraction of sp³-hybridized carbons (Fsp3) is 0.889. The Kier molecular flexibility index (Phi) is 9.00. The molecule has 72 valence electrons. The predicted molar refractivity (Wildman–Crippen MR) is 53.5 cm³/mol. The summed E-state index contributed by atoms with van der Waals surface area (Å²) in [6, 6.07) is 0. The van der Waals surface area contributed by atoms with Gasteiger partial charge in [0.2, 0.25) is 0 Å². The third kappa shape index (κ3) is 8.05. The van der Waals surface area contributed by atoms with Crippen LogP contribution in [-0.4, -0.2) is 17.9 Å². The third-order valence-corrected chi connectivity index (χ3v) is 2.06. The van der Waals surface area contributed by atoms with Crippen LogP contribution in [-0.2, 0) is 9.53 Å². The van der Waals surface area contributed by atoms with Gasteiger partial charge in [-0.1, -0.05) is 22.9 Å². The van der Waals surface area contributed by atoms with Gasteiger partial charge in [0.1, 0.15) is 0 Å². The first kappa shape index (κ1) is 11.9. The molecule has 0 saturated carbocycles. The molecular formula is C9H17BrO2. The summed E-state index contributed by atoms with van der Waals surface area (Å²) in [7, 11) is 0. The van der Waals surface area contributed by atoms with Crippen molar-refractivity contribution in [3.05, 3.63) is 0 Å². The molecule has 0 aromatic rings. The third-order valence-electron chi connectivity index (χ3n) is 1.50. The first-order valence-corrected chi connectivity index (χ1v) is 5.65. The second kappa shape index (κ2) is 9.04. The molecule has 0 heterocycles. The Morgan fingerprint density at radius 1 is 1.33 bits per heavy atom. The Labute approximate surface area is 82.8 Å².